The van der Waals surface area contributed by atoms with Crippen LogP contribution in [-0.4, -0.2) is 63.8 Å². The molecule has 5 atom stereocenters. The summed E-state index contributed by atoms with van der Waals surface area (Å²) in [6.45, 7) is 14.1. The summed E-state index contributed by atoms with van der Waals surface area (Å²) in [5.41, 5.74) is 0.352. The van der Waals surface area contributed by atoms with Gasteiger partial charge in [-0.3, -0.25) is 19.4 Å². The van der Waals surface area contributed by atoms with Crippen LogP contribution in [0.1, 0.15) is 97.3 Å². The molecule has 1 rings (SSSR count). The van der Waals surface area contributed by atoms with Crippen LogP contribution < -0.4 is 16.0 Å². The number of carbonyl (C=O) groups is 3. The number of aliphatic hydroxyl groups excluding tert-OH is 2. The van der Waals surface area contributed by atoms with E-state index in [1.165, 1.54) is 6.20 Å². The van der Waals surface area contributed by atoms with Crippen molar-refractivity contribution in [2.75, 3.05) is 6.54 Å². The summed E-state index contributed by atoms with van der Waals surface area (Å²) in [7, 11) is 0. The van der Waals surface area contributed by atoms with E-state index in [0.29, 0.717) is 24.9 Å². The Morgan fingerprint density at radius 1 is 0.897 bits per heavy atom. The van der Waals surface area contributed by atoms with Gasteiger partial charge in [0.25, 0.3) is 5.91 Å². The standard InChI is InChI=1S/C30H52N4O5/c1-8-9-10-11-14-23(33-28(37)22-13-12-15-31-18-22)29(38)34-24(16-19(2)3)26(35)27(36)25(21(6)7)30(39)32-17-20(4)5/h12-13,15,18-21,23-27,35-36H,8-11,14,16-17H2,1-7H3,(H,32,39)(H,33,37)(H,34,38)/t23?,24-,25+,26+,27+/m0/s1. The predicted molar refractivity (Wildman–Crippen MR) is 154 cm³/mol. The molecule has 1 unspecified atom stereocenters. The second-order valence-electron chi connectivity index (χ2n) is 11.8. The Bertz CT molecular complexity index is 862. The molecule has 0 fully saturated rings. The summed E-state index contributed by atoms with van der Waals surface area (Å²) in [6.07, 6.45) is 4.85. The fourth-order valence-electron chi connectivity index (χ4n) is 4.58. The number of hydrogen-bond acceptors (Lipinski definition) is 6. The van der Waals surface area contributed by atoms with E-state index < -0.39 is 42.0 Å². The van der Waals surface area contributed by atoms with Gasteiger partial charge < -0.3 is 26.2 Å². The maximum atomic E-state index is 13.5. The average molecular weight is 549 g/mol. The summed E-state index contributed by atoms with van der Waals surface area (Å²) in [5, 5.41) is 31.0. The molecule has 0 saturated heterocycles. The fourth-order valence-corrected chi connectivity index (χ4v) is 4.58. The first-order valence-electron chi connectivity index (χ1n) is 14.5. The van der Waals surface area contributed by atoms with Gasteiger partial charge in [-0.05, 0) is 42.7 Å². The van der Waals surface area contributed by atoms with Gasteiger partial charge in [-0.1, -0.05) is 74.1 Å². The normalized spacial score (nSPS) is 15.5. The number of aliphatic hydroxyl groups is 2. The van der Waals surface area contributed by atoms with Gasteiger partial charge in [-0.2, -0.15) is 0 Å². The molecular weight excluding hydrogens is 496 g/mol. The first kappa shape index (κ1) is 34.5. The average Bonchev–Trinajstić information content (AvgIpc) is 2.88. The van der Waals surface area contributed by atoms with Crippen LogP contribution in [-0.2, 0) is 9.59 Å². The molecule has 39 heavy (non-hydrogen) atoms. The monoisotopic (exact) mass is 548 g/mol. The summed E-state index contributed by atoms with van der Waals surface area (Å²) in [4.78, 5) is 43.2. The van der Waals surface area contributed by atoms with Crippen molar-refractivity contribution in [2.45, 2.75) is 111 Å². The number of pyridine rings is 1. The quantitative estimate of drug-likeness (QED) is 0.178. The van der Waals surface area contributed by atoms with Crippen LogP contribution in [0.4, 0.5) is 0 Å². The van der Waals surface area contributed by atoms with Crippen molar-refractivity contribution < 1.29 is 24.6 Å². The van der Waals surface area contributed by atoms with E-state index in [4.69, 9.17) is 0 Å². The largest absolute Gasteiger partial charge is 0.390 e. The van der Waals surface area contributed by atoms with Crippen LogP contribution in [0.5, 0.6) is 0 Å². The minimum Gasteiger partial charge on any atom is -0.390 e. The summed E-state index contributed by atoms with van der Waals surface area (Å²) in [6, 6.07) is 1.67. The van der Waals surface area contributed by atoms with Gasteiger partial charge in [0.05, 0.1) is 23.6 Å². The molecule has 9 heteroatoms. The lowest BCUT2D eigenvalue weighted by Gasteiger charge is -2.35. The van der Waals surface area contributed by atoms with Crippen LogP contribution >= 0.6 is 0 Å². The van der Waals surface area contributed by atoms with Crippen molar-refractivity contribution in [3.8, 4) is 0 Å². The topological polar surface area (TPSA) is 141 Å². The lowest BCUT2D eigenvalue weighted by Crippen LogP contribution is -2.57. The van der Waals surface area contributed by atoms with E-state index in [2.05, 4.69) is 27.9 Å². The minimum atomic E-state index is -1.38. The number of hydrogen-bond donors (Lipinski definition) is 5. The summed E-state index contributed by atoms with van der Waals surface area (Å²) in [5.74, 6) is -1.89. The highest BCUT2D eigenvalue weighted by Gasteiger charge is 2.39. The molecule has 3 amide bonds. The highest BCUT2D eigenvalue weighted by Crippen LogP contribution is 2.23. The zero-order chi connectivity index (χ0) is 29.5. The number of amides is 3. The molecule has 1 heterocycles. The van der Waals surface area contributed by atoms with Crippen LogP contribution in [0.15, 0.2) is 24.5 Å². The molecule has 0 saturated carbocycles. The SMILES string of the molecule is CCCCCCC(NC(=O)c1cccnc1)C(=O)N[C@@H](CC(C)C)[C@@H](O)[C@H](O)[C@H](C(=O)NCC(C)C)C(C)C. The molecule has 0 bridgehead atoms. The molecule has 0 aliphatic carbocycles. The van der Waals surface area contributed by atoms with E-state index in [1.54, 1.807) is 18.3 Å². The van der Waals surface area contributed by atoms with Crippen LogP contribution in [0.25, 0.3) is 0 Å². The Hall–Kier alpha value is -2.52. The second kappa shape index (κ2) is 17.9. The molecule has 1 aromatic heterocycles. The molecule has 0 aliphatic rings. The van der Waals surface area contributed by atoms with Crippen molar-refractivity contribution in [1.82, 2.24) is 20.9 Å². The summed E-state index contributed by atoms with van der Waals surface area (Å²) >= 11 is 0. The number of carbonyl (C=O) groups excluding carboxylic acids is 3. The molecule has 0 spiro atoms. The number of aromatic nitrogens is 1. The third-order valence-corrected chi connectivity index (χ3v) is 6.78. The van der Waals surface area contributed by atoms with E-state index >= 15 is 0 Å². The Morgan fingerprint density at radius 2 is 1.59 bits per heavy atom. The zero-order valence-corrected chi connectivity index (χ0v) is 24.9. The van der Waals surface area contributed by atoms with E-state index in [0.717, 1.165) is 25.7 Å². The first-order chi connectivity index (χ1) is 18.4. The van der Waals surface area contributed by atoms with Gasteiger partial charge >= 0.3 is 0 Å². The Morgan fingerprint density at radius 3 is 2.13 bits per heavy atom. The van der Waals surface area contributed by atoms with E-state index in [-0.39, 0.29) is 23.7 Å². The molecule has 1 aromatic rings. The number of nitrogens with one attached hydrogen (secondary N) is 3. The summed E-state index contributed by atoms with van der Waals surface area (Å²) < 4.78 is 0. The van der Waals surface area contributed by atoms with Crippen molar-refractivity contribution >= 4 is 17.7 Å². The Labute approximate surface area is 234 Å². The lowest BCUT2D eigenvalue weighted by atomic mass is 9.83. The van der Waals surface area contributed by atoms with E-state index in [1.807, 2.05) is 41.5 Å². The molecule has 0 aliphatic heterocycles. The van der Waals surface area contributed by atoms with Crippen LogP contribution in [0, 0.1) is 23.7 Å². The van der Waals surface area contributed by atoms with Gasteiger partial charge in [0.1, 0.15) is 12.1 Å². The molecular formula is C30H52N4O5. The number of unbranched alkanes of at least 4 members (excludes halogenated alkanes) is 3. The van der Waals surface area contributed by atoms with Gasteiger partial charge in [-0.15, -0.1) is 0 Å². The molecule has 222 valence electrons. The minimum absolute atomic E-state index is 0.0948. The highest BCUT2D eigenvalue weighted by atomic mass is 16.3. The number of rotatable bonds is 18. The zero-order valence-electron chi connectivity index (χ0n) is 24.9. The third-order valence-electron chi connectivity index (χ3n) is 6.78. The van der Waals surface area contributed by atoms with Gasteiger partial charge in [-0.25, -0.2) is 0 Å². The lowest BCUT2D eigenvalue weighted by molar-refractivity contribution is -0.137. The molecule has 5 N–H and O–H groups in total. The smallest absolute Gasteiger partial charge is 0.253 e. The maximum Gasteiger partial charge on any atom is 0.253 e. The Kier molecular flexibility index (Phi) is 15.9. The van der Waals surface area contributed by atoms with Gasteiger partial charge in [0.15, 0.2) is 0 Å². The third kappa shape index (κ3) is 12.5. The van der Waals surface area contributed by atoms with Crippen molar-refractivity contribution in [3.63, 3.8) is 0 Å². The molecule has 0 radical (unpaired) electrons. The van der Waals surface area contributed by atoms with Crippen molar-refractivity contribution in [1.29, 1.82) is 0 Å². The first-order valence-corrected chi connectivity index (χ1v) is 14.5. The maximum absolute atomic E-state index is 13.5. The van der Waals surface area contributed by atoms with Crippen LogP contribution in [0.2, 0.25) is 0 Å². The molecule has 0 aromatic carbocycles. The highest BCUT2D eigenvalue weighted by molar-refractivity contribution is 5.97. The van der Waals surface area contributed by atoms with Crippen molar-refractivity contribution in [2.24, 2.45) is 23.7 Å². The second-order valence-corrected chi connectivity index (χ2v) is 11.8. The van der Waals surface area contributed by atoms with Gasteiger partial charge in [0.2, 0.25) is 11.8 Å². The number of nitrogens with zero attached hydrogens (tertiary/aromatic N) is 1. The predicted octanol–water partition coefficient (Wildman–Crippen LogP) is 3.45. The molecule has 9 nitrogen and oxygen atoms in total. The Balaban J connectivity index is 3.11. The van der Waals surface area contributed by atoms with Crippen LogP contribution in [0.3, 0.4) is 0 Å². The van der Waals surface area contributed by atoms with E-state index in [9.17, 15) is 24.6 Å². The van der Waals surface area contributed by atoms with Crippen molar-refractivity contribution in [3.05, 3.63) is 30.1 Å². The fraction of sp³-hybridized carbons (Fsp3) is 0.733. The van der Waals surface area contributed by atoms with Gasteiger partial charge in [0, 0.05) is 18.9 Å².